The van der Waals surface area contributed by atoms with Gasteiger partial charge in [-0.3, -0.25) is 4.79 Å². The third-order valence-electron chi connectivity index (χ3n) is 5.85. The highest BCUT2D eigenvalue weighted by Crippen LogP contribution is 2.71. The van der Waals surface area contributed by atoms with E-state index in [9.17, 15) is 14.7 Å². The van der Waals surface area contributed by atoms with Crippen molar-refractivity contribution < 1.29 is 19.4 Å². The number of aromatic carboxylic acids is 1. The average molecular weight is 404 g/mol. The van der Waals surface area contributed by atoms with Crippen LogP contribution in [-0.4, -0.2) is 36.0 Å². The molecule has 1 aromatic heterocycles. The third-order valence-corrected chi connectivity index (χ3v) is 6.14. The molecule has 1 aliphatic carbocycles. The fourth-order valence-corrected chi connectivity index (χ4v) is 4.62. The van der Waals surface area contributed by atoms with Crippen molar-refractivity contribution in [3.8, 4) is 17.0 Å². The Morgan fingerprint density at radius 2 is 2.04 bits per heavy atom. The largest absolute Gasteiger partial charge is 0.492 e. The minimum absolute atomic E-state index is 0.0635. The van der Waals surface area contributed by atoms with Gasteiger partial charge in [-0.1, -0.05) is 25.4 Å². The zero-order valence-corrected chi connectivity index (χ0v) is 16.7. The van der Waals surface area contributed by atoms with E-state index in [2.05, 4.69) is 13.8 Å². The fraction of sp³-hybridized carbons (Fsp3) is 0.429. The van der Waals surface area contributed by atoms with Gasteiger partial charge in [0.25, 0.3) is 0 Å². The van der Waals surface area contributed by atoms with Gasteiger partial charge in [-0.05, 0) is 23.1 Å². The number of methoxy groups -OCH3 is 1. The Balaban J connectivity index is 1.81. The topological polar surface area (TPSA) is 77.8 Å². The molecule has 0 saturated heterocycles. The van der Waals surface area contributed by atoms with Crippen molar-refractivity contribution in [2.45, 2.75) is 32.2 Å². The van der Waals surface area contributed by atoms with E-state index in [4.69, 9.17) is 21.1 Å². The molecule has 1 aromatic carbocycles. The lowest BCUT2D eigenvalue weighted by Gasteiger charge is -2.23. The van der Waals surface area contributed by atoms with Gasteiger partial charge in [0, 0.05) is 49.9 Å². The lowest BCUT2D eigenvalue weighted by Crippen LogP contribution is -2.20. The number of halogens is 1. The predicted octanol–water partition coefficient (Wildman–Crippen LogP) is 3.96. The van der Waals surface area contributed by atoms with Crippen molar-refractivity contribution in [1.29, 1.82) is 0 Å². The molecule has 1 saturated carbocycles. The van der Waals surface area contributed by atoms with E-state index in [0.717, 1.165) is 17.5 Å². The Morgan fingerprint density at radius 3 is 2.71 bits per heavy atom. The van der Waals surface area contributed by atoms with Crippen molar-refractivity contribution in [2.75, 3.05) is 20.3 Å². The summed E-state index contributed by atoms with van der Waals surface area (Å²) in [6.45, 7) is 5.41. The van der Waals surface area contributed by atoms with Crippen LogP contribution in [0.25, 0.3) is 11.3 Å². The van der Waals surface area contributed by atoms with Gasteiger partial charge in [-0.25, -0.2) is 4.79 Å². The number of carboxylic acid groups (broad SMARTS) is 1. The number of rotatable bonds is 6. The number of ether oxygens (including phenoxy) is 2. The molecule has 1 fully saturated rings. The zero-order valence-electron chi connectivity index (χ0n) is 16.0. The van der Waals surface area contributed by atoms with Crippen LogP contribution in [0.4, 0.5) is 0 Å². The van der Waals surface area contributed by atoms with E-state index in [0.29, 0.717) is 29.7 Å². The number of nitrogens with zero attached hydrogens (tertiary/aromatic N) is 1. The molecule has 4 rings (SSSR count). The molecule has 0 spiro atoms. The van der Waals surface area contributed by atoms with E-state index in [1.807, 2.05) is 16.7 Å². The van der Waals surface area contributed by atoms with Gasteiger partial charge >= 0.3 is 5.97 Å². The summed E-state index contributed by atoms with van der Waals surface area (Å²) in [5.41, 5.74) is 1.87. The smallest absolute Gasteiger partial charge is 0.341 e. The van der Waals surface area contributed by atoms with Crippen molar-refractivity contribution in [3.05, 3.63) is 50.8 Å². The van der Waals surface area contributed by atoms with Crippen LogP contribution in [0.5, 0.6) is 5.75 Å². The number of carboxylic acids is 1. The first kappa shape index (κ1) is 19.0. The standard InChI is InChI=1S/C21H22ClNO5/c1-21(2)18-12-8-17(28-6-4-5-27-3)14(22)7-11(12)15-9-16(24)13(20(25)26)10-23(15)19(18)21/h7-10,18-19H,4-6H2,1-3H3,(H,25,26)/t18-,19?/m1/s1. The van der Waals surface area contributed by atoms with Gasteiger partial charge in [0.1, 0.15) is 11.3 Å². The molecule has 2 aromatic rings. The summed E-state index contributed by atoms with van der Waals surface area (Å²) in [7, 11) is 1.65. The quantitative estimate of drug-likeness (QED) is 0.738. The lowest BCUT2D eigenvalue weighted by molar-refractivity contribution is 0.0694. The maximum atomic E-state index is 12.3. The van der Waals surface area contributed by atoms with E-state index in [1.165, 1.54) is 12.3 Å². The molecule has 7 heteroatoms. The number of benzene rings is 1. The molecular formula is C21H22ClNO5. The minimum Gasteiger partial charge on any atom is -0.492 e. The highest BCUT2D eigenvalue weighted by molar-refractivity contribution is 6.32. The van der Waals surface area contributed by atoms with Crippen LogP contribution in [0.15, 0.2) is 29.2 Å². The van der Waals surface area contributed by atoms with Gasteiger partial charge in [-0.2, -0.15) is 0 Å². The molecule has 2 heterocycles. The minimum atomic E-state index is -1.21. The molecule has 1 aliphatic heterocycles. The summed E-state index contributed by atoms with van der Waals surface area (Å²) < 4.78 is 12.8. The highest BCUT2D eigenvalue weighted by atomic mass is 35.5. The number of carbonyl (C=O) groups is 1. The SMILES string of the molecule is COCCCOc1cc2c(cc1Cl)-c1cc(=O)c(C(=O)O)cn1C1[C@@H]2C1(C)C. The van der Waals surface area contributed by atoms with Gasteiger partial charge in [0.15, 0.2) is 5.43 Å². The molecule has 1 N–H and O–H groups in total. The number of aromatic nitrogens is 1. The first-order chi connectivity index (χ1) is 13.3. The number of hydrogen-bond donors (Lipinski definition) is 1. The number of fused-ring (bicyclic) bond motifs is 6. The molecule has 2 aliphatic rings. The van der Waals surface area contributed by atoms with E-state index in [1.54, 1.807) is 7.11 Å². The second-order valence-corrected chi connectivity index (χ2v) is 8.36. The summed E-state index contributed by atoms with van der Waals surface area (Å²) in [5, 5.41) is 9.80. The van der Waals surface area contributed by atoms with Crippen LogP contribution in [0, 0.1) is 5.41 Å². The molecule has 0 radical (unpaired) electrons. The second kappa shape index (κ2) is 6.64. The van der Waals surface area contributed by atoms with Gasteiger partial charge in [0.05, 0.1) is 17.3 Å². The molecule has 2 atom stereocenters. The van der Waals surface area contributed by atoms with Crippen molar-refractivity contribution in [3.63, 3.8) is 0 Å². The van der Waals surface area contributed by atoms with Crippen LogP contribution >= 0.6 is 11.6 Å². The summed E-state index contributed by atoms with van der Waals surface area (Å²) in [5.74, 6) is -0.382. The second-order valence-electron chi connectivity index (χ2n) is 7.96. The maximum absolute atomic E-state index is 12.3. The monoisotopic (exact) mass is 403 g/mol. The van der Waals surface area contributed by atoms with E-state index >= 15 is 0 Å². The normalized spacial score (nSPS) is 20.7. The maximum Gasteiger partial charge on any atom is 0.341 e. The van der Waals surface area contributed by atoms with Gasteiger partial charge in [0.2, 0.25) is 0 Å². The van der Waals surface area contributed by atoms with Crippen LogP contribution in [-0.2, 0) is 4.74 Å². The highest BCUT2D eigenvalue weighted by Gasteiger charge is 2.62. The molecule has 28 heavy (non-hydrogen) atoms. The van der Waals surface area contributed by atoms with Gasteiger partial charge in [-0.15, -0.1) is 0 Å². The number of hydrogen-bond acceptors (Lipinski definition) is 4. The molecule has 6 nitrogen and oxygen atoms in total. The van der Waals surface area contributed by atoms with Crippen LogP contribution in [0.1, 0.15) is 48.1 Å². The summed E-state index contributed by atoms with van der Waals surface area (Å²) in [4.78, 5) is 23.7. The summed E-state index contributed by atoms with van der Waals surface area (Å²) >= 11 is 6.46. The third kappa shape index (κ3) is 2.83. The first-order valence-corrected chi connectivity index (χ1v) is 9.60. The van der Waals surface area contributed by atoms with Crippen molar-refractivity contribution in [2.24, 2.45) is 5.41 Å². The van der Waals surface area contributed by atoms with Crippen LogP contribution in [0.3, 0.4) is 0 Å². The Bertz CT molecular complexity index is 1030. The number of pyridine rings is 1. The lowest BCUT2D eigenvalue weighted by atomic mass is 9.94. The predicted molar refractivity (Wildman–Crippen MR) is 106 cm³/mol. The summed E-state index contributed by atoms with van der Waals surface area (Å²) in [6, 6.07) is 5.29. The molecular weight excluding hydrogens is 382 g/mol. The zero-order chi connectivity index (χ0) is 20.2. The van der Waals surface area contributed by atoms with E-state index < -0.39 is 11.4 Å². The summed E-state index contributed by atoms with van der Waals surface area (Å²) in [6.07, 6.45) is 2.23. The van der Waals surface area contributed by atoms with Crippen LogP contribution < -0.4 is 10.2 Å². The van der Waals surface area contributed by atoms with Crippen molar-refractivity contribution in [1.82, 2.24) is 4.57 Å². The molecule has 0 bridgehead atoms. The van der Waals surface area contributed by atoms with Crippen LogP contribution in [0.2, 0.25) is 5.02 Å². The van der Waals surface area contributed by atoms with Gasteiger partial charge < -0.3 is 19.1 Å². The average Bonchev–Trinajstić information content (AvgIpc) is 3.21. The Labute approximate surface area is 167 Å². The fourth-order valence-electron chi connectivity index (χ4n) is 4.40. The first-order valence-electron chi connectivity index (χ1n) is 9.22. The Morgan fingerprint density at radius 1 is 1.29 bits per heavy atom. The van der Waals surface area contributed by atoms with Crippen molar-refractivity contribution >= 4 is 17.6 Å². The Kier molecular flexibility index (Phi) is 4.51. The Hall–Kier alpha value is -2.31. The molecule has 148 valence electrons. The molecule has 0 amide bonds. The molecule has 1 unspecified atom stereocenters. The van der Waals surface area contributed by atoms with E-state index in [-0.39, 0.29) is 22.9 Å².